The number of rotatable bonds is 8. The lowest BCUT2D eigenvalue weighted by Gasteiger charge is -2.11. The molecule has 2 aromatic carbocycles. The van der Waals surface area contributed by atoms with Crippen molar-refractivity contribution in [2.24, 2.45) is 0 Å². The van der Waals surface area contributed by atoms with Gasteiger partial charge in [-0.1, -0.05) is 12.1 Å². The molecule has 0 unspecified atom stereocenters. The van der Waals surface area contributed by atoms with Gasteiger partial charge in [-0.25, -0.2) is 13.2 Å². The lowest BCUT2D eigenvalue weighted by atomic mass is 10.1. The molecular weight excluding hydrogens is 442 g/mol. The van der Waals surface area contributed by atoms with E-state index in [2.05, 4.69) is 10.6 Å². The number of carbonyl (C=O) groups is 3. The molecule has 2 aromatic rings. The van der Waals surface area contributed by atoms with E-state index in [1.807, 2.05) is 0 Å². The third-order valence-corrected chi connectivity index (χ3v) is 5.63. The number of hydrogen-bond acceptors (Lipinski definition) is 8. The van der Waals surface area contributed by atoms with Gasteiger partial charge < -0.3 is 15.4 Å². The first-order valence-electron chi connectivity index (χ1n) is 9.41. The predicted molar refractivity (Wildman–Crippen MR) is 112 cm³/mol. The highest BCUT2D eigenvalue weighted by atomic mass is 32.2. The maximum atomic E-state index is 12.3. The number of nitrogens with zero attached hydrogens (tertiary/aromatic N) is 1. The zero-order chi connectivity index (χ0) is 23.5. The van der Waals surface area contributed by atoms with Crippen molar-refractivity contribution in [2.75, 3.05) is 18.2 Å². The van der Waals surface area contributed by atoms with E-state index in [4.69, 9.17) is 4.74 Å². The van der Waals surface area contributed by atoms with Crippen LogP contribution in [0, 0.1) is 10.1 Å². The van der Waals surface area contributed by atoms with Crippen LogP contribution in [0.2, 0.25) is 0 Å². The van der Waals surface area contributed by atoms with E-state index < -0.39 is 43.8 Å². The number of hydrogen-bond donors (Lipinski definition) is 2. The van der Waals surface area contributed by atoms with Gasteiger partial charge in [0.2, 0.25) is 0 Å². The quantitative estimate of drug-likeness (QED) is 0.341. The highest BCUT2D eigenvalue weighted by Crippen LogP contribution is 2.25. The molecule has 0 radical (unpaired) electrons. The summed E-state index contributed by atoms with van der Waals surface area (Å²) in [6, 6.07) is 9.22. The molecule has 0 aliphatic heterocycles. The van der Waals surface area contributed by atoms with Gasteiger partial charge in [-0.3, -0.25) is 19.7 Å². The van der Waals surface area contributed by atoms with Gasteiger partial charge in [-0.2, -0.15) is 0 Å². The highest BCUT2D eigenvalue weighted by Gasteiger charge is 2.26. The number of nitrogens with one attached hydrogen (secondary N) is 2. The summed E-state index contributed by atoms with van der Waals surface area (Å²) in [7, 11) is -3.89. The van der Waals surface area contributed by atoms with E-state index >= 15 is 0 Å². The fraction of sp³-hybridized carbons (Fsp3) is 0.250. The number of esters is 1. The first-order chi connectivity index (χ1) is 15.1. The molecule has 11 nitrogen and oxygen atoms in total. The lowest BCUT2D eigenvalue weighted by molar-refractivity contribution is -0.387. The number of amides is 2. The molecule has 0 heterocycles. The van der Waals surface area contributed by atoms with Gasteiger partial charge in [0.25, 0.3) is 17.5 Å². The molecule has 0 spiro atoms. The van der Waals surface area contributed by atoms with Gasteiger partial charge in [-0.05, 0) is 37.1 Å². The maximum absolute atomic E-state index is 12.3. The minimum atomic E-state index is -3.89. The third kappa shape index (κ3) is 5.66. The van der Waals surface area contributed by atoms with Crippen LogP contribution in [0.25, 0.3) is 0 Å². The second-order valence-electron chi connectivity index (χ2n) is 7.13. The summed E-state index contributed by atoms with van der Waals surface area (Å²) in [6.45, 7) is -0.723. The molecule has 1 fully saturated rings. The fourth-order valence-corrected chi connectivity index (χ4v) is 3.61. The lowest BCUT2D eigenvalue weighted by Crippen LogP contribution is -2.28. The molecule has 0 bridgehead atoms. The SMILES string of the molecule is CS(=O)(=O)c1ccc(C(=O)OCC(=O)Nc2ccccc2C(=O)NC2CC2)cc1[N+](=O)[O-]. The first-order valence-corrected chi connectivity index (χ1v) is 11.3. The van der Waals surface area contributed by atoms with Gasteiger partial charge in [0, 0.05) is 18.4 Å². The molecule has 168 valence electrons. The number of nitro groups is 1. The third-order valence-electron chi connectivity index (χ3n) is 4.48. The van der Waals surface area contributed by atoms with Gasteiger partial charge in [0.05, 0.1) is 21.7 Å². The molecule has 1 saturated carbocycles. The normalized spacial score (nSPS) is 13.2. The standard InChI is InChI=1S/C20H19N3O8S/c1-32(29,30)17-9-6-12(10-16(17)23(27)28)20(26)31-11-18(24)22-15-5-3-2-4-14(15)19(25)21-13-7-8-13/h2-6,9-10,13H,7-8,11H2,1H3,(H,21,25)(H,22,24). The topological polar surface area (TPSA) is 162 Å². The van der Waals surface area contributed by atoms with Crippen LogP contribution in [0.4, 0.5) is 11.4 Å². The summed E-state index contributed by atoms with van der Waals surface area (Å²) < 4.78 is 28.2. The van der Waals surface area contributed by atoms with Crippen LogP contribution >= 0.6 is 0 Å². The molecule has 0 saturated heterocycles. The van der Waals surface area contributed by atoms with Crippen molar-refractivity contribution in [1.82, 2.24) is 5.32 Å². The van der Waals surface area contributed by atoms with Gasteiger partial charge in [-0.15, -0.1) is 0 Å². The molecule has 32 heavy (non-hydrogen) atoms. The zero-order valence-electron chi connectivity index (χ0n) is 16.9. The second-order valence-corrected chi connectivity index (χ2v) is 9.11. The number of sulfone groups is 1. The van der Waals surface area contributed by atoms with Gasteiger partial charge in [0.15, 0.2) is 16.4 Å². The van der Waals surface area contributed by atoms with Crippen LogP contribution in [0.1, 0.15) is 33.6 Å². The van der Waals surface area contributed by atoms with E-state index in [0.717, 1.165) is 37.3 Å². The van der Waals surface area contributed by atoms with E-state index in [9.17, 15) is 32.9 Å². The van der Waals surface area contributed by atoms with E-state index in [1.165, 1.54) is 6.07 Å². The number of benzene rings is 2. The summed E-state index contributed by atoms with van der Waals surface area (Å²) in [5, 5.41) is 16.5. The van der Waals surface area contributed by atoms with Crippen LogP contribution in [0.5, 0.6) is 0 Å². The van der Waals surface area contributed by atoms with E-state index in [1.54, 1.807) is 18.2 Å². The Labute approximate surface area is 182 Å². The van der Waals surface area contributed by atoms with Gasteiger partial charge >= 0.3 is 5.97 Å². The fourth-order valence-electron chi connectivity index (χ4n) is 2.78. The highest BCUT2D eigenvalue weighted by molar-refractivity contribution is 7.90. The molecular formula is C20H19N3O8S. The minimum Gasteiger partial charge on any atom is -0.452 e. The van der Waals surface area contributed by atoms with E-state index in [0.29, 0.717) is 0 Å². The number of anilines is 1. The molecule has 2 amide bonds. The van der Waals surface area contributed by atoms with Crippen LogP contribution in [-0.2, 0) is 19.4 Å². The number of para-hydroxylation sites is 1. The van der Waals surface area contributed by atoms with Crippen LogP contribution in [0.15, 0.2) is 47.4 Å². The zero-order valence-corrected chi connectivity index (χ0v) is 17.7. The summed E-state index contributed by atoms with van der Waals surface area (Å²) in [4.78, 5) is 46.4. The molecule has 1 aliphatic carbocycles. The Morgan fingerprint density at radius 1 is 1.16 bits per heavy atom. The Morgan fingerprint density at radius 3 is 2.47 bits per heavy atom. The van der Waals surface area contributed by atoms with Crippen molar-refractivity contribution in [3.8, 4) is 0 Å². The smallest absolute Gasteiger partial charge is 0.338 e. The Hall–Kier alpha value is -3.80. The second kappa shape index (κ2) is 9.14. The molecule has 0 aromatic heterocycles. The molecule has 3 rings (SSSR count). The summed E-state index contributed by atoms with van der Waals surface area (Å²) >= 11 is 0. The van der Waals surface area contributed by atoms with Crippen molar-refractivity contribution in [1.29, 1.82) is 0 Å². The Kier molecular flexibility index (Phi) is 6.53. The first kappa shape index (κ1) is 22.9. The summed E-state index contributed by atoms with van der Waals surface area (Å²) in [5.41, 5.74) is -0.575. The van der Waals surface area contributed by atoms with Crippen LogP contribution in [0.3, 0.4) is 0 Å². The summed E-state index contributed by atoms with van der Waals surface area (Å²) in [5.74, 6) is -2.12. The number of ether oxygens (including phenoxy) is 1. The minimum absolute atomic E-state index is 0.130. The van der Waals surface area contributed by atoms with Crippen molar-refractivity contribution < 1.29 is 32.5 Å². The van der Waals surface area contributed by atoms with Crippen LogP contribution < -0.4 is 10.6 Å². The van der Waals surface area contributed by atoms with Crippen molar-refractivity contribution >= 4 is 39.0 Å². The van der Waals surface area contributed by atoms with Crippen molar-refractivity contribution in [3.05, 3.63) is 63.7 Å². The molecule has 0 atom stereocenters. The van der Waals surface area contributed by atoms with Crippen molar-refractivity contribution in [3.63, 3.8) is 0 Å². The Bertz CT molecular complexity index is 1210. The van der Waals surface area contributed by atoms with Crippen molar-refractivity contribution in [2.45, 2.75) is 23.8 Å². The Morgan fingerprint density at radius 2 is 1.84 bits per heavy atom. The van der Waals surface area contributed by atoms with Gasteiger partial charge in [0.1, 0.15) is 4.90 Å². The molecule has 2 N–H and O–H groups in total. The average Bonchev–Trinajstić information content (AvgIpc) is 3.55. The number of nitro benzene ring substituents is 1. The Balaban J connectivity index is 1.66. The van der Waals surface area contributed by atoms with Crippen LogP contribution in [-0.4, -0.2) is 50.0 Å². The predicted octanol–water partition coefficient (Wildman–Crippen LogP) is 1.69. The van der Waals surface area contributed by atoms with E-state index in [-0.39, 0.29) is 28.8 Å². The molecule has 12 heteroatoms. The summed E-state index contributed by atoms with van der Waals surface area (Å²) in [6.07, 6.45) is 2.61. The average molecular weight is 461 g/mol. The number of carbonyl (C=O) groups excluding carboxylic acids is 3. The maximum Gasteiger partial charge on any atom is 0.338 e. The monoisotopic (exact) mass is 461 g/mol. The largest absolute Gasteiger partial charge is 0.452 e. The molecule has 1 aliphatic rings.